The summed E-state index contributed by atoms with van der Waals surface area (Å²) in [5.74, 6) is 0. The van der Waals surface area contributed by atoms with Gasteiger partial charge in [0.2, 0.25) is 0 Å². The first-order valence-corrected chi connectivity index (χ1v) is 27.7. The molecular weight excluding hydrogens is 953 g/mol. The molecule has 0 N–H and O–H groups in total. The topological polar surface area (TPSA) is 19.6 Å². The van der Waals surface area contributed by atoms with Crippen molar-refractivity contribution < 1.29 is 4.42 Å². The summed E-state index contributed by atoms with van der Waals surface area (Å²) < 4.78 is 9.39. The molecule has 0 spiro atoms. The molecule has 11 aromatic carbocycles. The largest absolute Gasteiger partial charge is 0.454 e. The minimum atomic E-state index is -0.768. The van der Waals surface area contributed by atoms with Gasteiger partial charge in [-0.2, -0.15) is 0 Å². The molecule has 14 rings (SSSR count). The Hall–Kier alpha value is -8.70. The number of hydrogen-bond donors (Lipinski definition) is 0. The normalized spacial score (nSPS) is 13.2. The molecule has 2 aromatic heterocycles. The van der Waals surface area contributed by atoms with E-state index in [0.29, 0.717) is 0 Å². The van der Waals surface area contributed by atoms with Gasteiger partial charge in [-0.05, 0) is 122 Å². The summed E-state index contributed by atoms with van der Waals surface area (Å²) in [7, 11) is 0. The lowest BCUT2D eigenvalue weighted by atomic mass is 9.59. The van der Waals surface area contributed by atoms with Gasteiger partial charge < -0.3 is 14.2 Å². The van der Waals surface area contributed by atoms with Crippen molar-refractivity contribution >= 4 is 98.3 Å². The van der Waals surface area contributed by atoms with Crippen molar-refractivity contribution in [3.8, 4) is 11.1 Å². The zero-order valence-corrected chi connectivity index (χ0v) is 45.1. The second-order valence-corrected chi connectivity index (χ2v) is 23.9. The maximum Gasteiger partial charge on any atom is 0.159 e. The van der Waals surface area contributed by atoms with Crippen LogP contribution in [0.3, 0.4) is 0 Å². The minimum absolute atomic E-state index is 0.00149. The van der Waals surface area contributed by atoms with E-state index >= 15 is 0 Å². The highest BCUT2D eigenvalue weighted by Gasteiger charge is 2.46. The summed E-state index contributed by atoms with van der Waals surface area (Å²) in [6.45, 7) is 13.8. The van der Waals surface area contributed by atoms with E-state index in [0.717, 1.165) is 61.4 Å². The number of nitrogens with zero attached hydrogens (tertiary/aromatic N) is 2. The maximum absolute atomic E-state index is 6.86. The van der Waals surface area contributed by atoms with Crippen molar-refractivity contribution in [1.82, 2.24) is 0 Å². The van der Waals surface area contributed by atoms with E-state index in [1.54, 1.807) is 0 Å². The average molecular weight is 1010 g/mol. The molecule has 1 aliphatic carbocycles. The molecule has 0 aliphatic heterocycles. The van der Waals surface area contributed by atoms with Crippen molar-refractivity contribution in [2.24, 2.45) is 0 Å². The molecule has 2 heterocycles. The SMILES string of the molecule is CC(C)(C)c1ccc(N(c2ccc(C(C)(C)C)cc2)c2cc3c(c4sc5ccccc5c24)-c2ccc(N(c4ccccc4)c4cccc5c4oc4ccccc45)c4cccc(c24)C3(c2ccccc2)c2ccccc2)cc1. The van der Waals surface area contributed by atoms with E-state index in [1.165, 1.54) is 70.1 Å². The molecule has 1 aliphatic rings. The zero-order valence-electron chi connectivity index (χ0n) is 44.3. The number of para-hydroxylation sites is 3. The maximum atomic E-state index is 6.86. The van der Waals surface area contributed by atoms with Crippen LogP contribution in [0.2, 0.25) is 0 Å². The summed E-state index contributed by atoms with van der Waals surface area (Å²) in [5, 5.41) is 7.10. The highest BCUT2D eigenvalue weighted by molar-refractivity contribution is 7.26. The number of anilines is 6. The number of furan rings is 1. The number of benzene rings is 11. The number of thiophene rings is 1. The fourth-order valence-corrected chi connectivity index (χ4v) is 13.9. The molecule has 0 saturated heterocycles. The van der Waals surface area contributed by atoms with Gasteiger partial charge in [-0.25, -0.2) is 0 Å². The van der Waals surface area contributed by atoms with Crippen molar-refractivity contribution in [3.05, 3.63) is 276 Å². The zero-order chi connectivity index (χ0) is 52.2. The van der Waals surface area contributed by atoms with E-state index in [4.69, 9.17) is 4.42 Å². The van der Waals surface area contributed by atoms with Crippen LogP contribution < -0.4 is 9.80 Å². The molecule has 0 unspecified atom stereocenters. The number of fused-ring (bicyclic) bond motifs is 9. The highest BCUT2D eigenvalue weighted by Crippen LogP contribution is 2.62. The average Bonchev–Trinajstić information content (AvgIpc) is 4.05. The Labute approximate surface area is 454 Å². The quantitative estimate of drug-likeness (QED) is 0.151. The molecule has 0 radical (unpaired) electrons. The first kappa shape index (κ1) is 46.8. The molecule has 13 aromatic rings. The molecule has 3 nitrogen and oxygen atoms in total. The lowest BCUT2D eigenvalue weighted by molar-refractivity contribution is 0.590. The standard InChI is InChI=1S/C73H58N2OS/c1-71(2,3)47-36-40-52(41-37-47)74(53-42-38-48(39-43-53)72(4,5)6)63-46-60-67(70-68(63)57-29-17-19-35-65(57)77-70)58-44-45-61(56-31-20-32-59(66(56)58)73(60,49-22-10-7-11-23-49)50-24-12-8-13-25-50)75(51-26-14-9-15-27-51)62-33-21-30-55-54-28-16-18-34-64(54)76-69(55)62/h7-46H,1-6H3. The summed E-state index contributed by atoms with van der Waals surface area (Å²) in [6, 6.07) is 90.4. The van der Waals surface area contributed by atoms with Gasteiger partial charge in [0.1, 0.15) is 5.58 Å². The van der Waals surface area contributed by atoms with Crippen LogP contribution in [-0.2, 0) is 16.2 Å². The number of hydrogen-bond acceptors (Lipinski definition) is 4. The fourth-order valence-electron chi connectivity index (χ4n) is 12.6. The second-order valence-electron chi connectivity index (χ2n) is 22.8. The monoisotopic (exact) mass is 1010 g/mol. The van der Waals surface area contributed by atoms with E-state index in [1.807, 2.05) is 11.3 Å². The lowest BCUT2D eigenvalue weighted by Crippen LogP contribution is -2.34. The number of rotatable bonds is 8. The third-order valence-electron chi connectivity index (χ3n) is 16.2. The Morgan fingerprint density at radius 1 is 0.390 bits per heavy atom. The molecule has 0 saturated carbocycles. The van der Waals surface area contributed by atoms with Crippen molar-refractivity contribution in [1.29, 1.82) is 0 Å². The van der Waals surface area contributed by atoms with Gasteiger partial charge >= 0.3 is 0 Å². The first-order valence-electron chi connectivity index (χ1n) is 26.9. The molecule has 0 atom stereocenters. The van der Waals surface area contributed by atoms with Crippen LogP contribution in [0.25, 0.3) is 64.0 Å². The third kappa shape index (κ3) is 7.30. The Kier molecular flexibility index (Phi) is 10.8. The van der Waals surface area contributed by atoms with E-state index in [2.05, 4.69) is 294 Å². The van der Waals surface area contributed by atoms with Gasteiger partial charge in [-0.1, -0.05) is 217 Å². The Morgan fingerprint density at radius 3 is 1.56 bits per heavy atom. The van der Waals surface area contributed by atoms with Gasteiger partial charge in [0, 0.05) is 59.0 Å². The van der Waals surface area contributed by atoms with Crippen LogP contribution in [-0.4, -0.2) is 0 Å². The first-order chi connectivity index (χ1) is 37.5. The third-order valence-corrected chi connectivity index (χ3v) is 17.4. The summed E-state index contributed by atoms with van der Waals surface area (Å²) in [6.07, 6.45) is 0. The van der Waals surface area contributed by atoms with Crippen LogP contribution in [0.4, 0.5) is 34.1 Å². The van der Waals surface area contributed by atoms with Gasteiger partial charge in [-0.3, -0.25) is 0 Å². The van der Waals surface area contributed by atoms with Crippen LogP contribution in [0.15, 0.2) is 247 Å². The lowest BCUT2D eigenvalue weighted by Gasteiger charge is -2.43. The van der Waals surface area contributed by atoms with Gasteiger partial charge in [0.25, 0.3) is 0 Å². The minimum Gasteiger partial charge on any atom is -0.454 e. The predicted octanol–water partition coefficient (Wildman–Crippen LogP) is 21.0. The van der Waals surface area contributed by atoms with E-state index in [-0.39, 0.29) is 10.8 Å². The molecule has 0 bridgehead atoms. The molecule has 372 valence electrons. The molecule has 0 amide bonds. The van der Waals surface area contributed by atoms with E-state index < -0.39 is 5.41 Å². The molecule has 0 fully saturated rings. The molecule has 77 heavy (non-hydrogen) atoms. The second kappa shape index (κ2) is 17.7. The summed E-state index contributed by atoms with van der Waals surface area (Å²) >= 11 is 1.92. The molecular formula is C73H58N2OS. The summed E-state index contributed by atoms with van der Waals surface area (Å²) in [5.41, 5.74) is 17.5. The van der Waals surface area contributed by atoms with Crippen molar-refractivity contribution in [2.45, 2.75) is 57.8 Å². The van der Waals surface area contributed by atoms with Crippen LogP contribution in [0, 0.1) is 0 Å². The van der Waals surface area contributed by atoms with Crippen molar-refractivity contribution in [2.75, 3.05) is 9.80 Å². The van der Waals surface area contributed by atoms with Crippen LogP contribution in [0.5, 0.6) is 0 Å². The fraction of sp³-hybridized carbons (Fsp3) is 0.123. The molecule has 4 heteroatoms. The van der Waals surface area contributed by atoms with Crippen LogP contribution >= 0.6 is 11.3 Å². The van der Waals surface area contributed by atoms with Crippen LogP contribution in [0.1, 0.15) is 74.9 Å². The highest BCUT2D eigenvalue weighted by atomic mass is 32.1. The van der Waals surface area contributed by atoms with Gasteiger partial charge in [0.05, 0.1) is 22.5 Å². The van der Waals surface area contributed by atoms with E-state index in [9.17, 15) is 0 Å². The summed E-state index contributed by atoms with van der Waals surface area (Å²) in [4.78, 5) is 4.96. The van der Waals surface area contributed by atoms with Gasteiger partial charge in [-0.15, -0.1) is 11.3 Å². The Balaban J connectivity index is 1.14. The van der Waals surface area contributed by atoms with Gasteiger partial charge in [0.15, 0.2) is 5.58 Å². The smallest absolute Gasteiger partial charge is 0.159 e. The Bertz CT molecular complexity index is 4290. The predicted molar refractivity (Wildman–Crippen MR) is 328 cm³/mol. The Morgan fingerprint density at radius 2 is 0.922 bits per heavy atom. The van der Waals surface area contributed by atoms with Crippen molar-refractivity contribution in [3.63, 3.8) is 0 Å².